The van der Waals surface area contributed by atoms with Gasteiger partial charge in [-0.2, -0.15) is 4.98 Å². The molecule has 6 rings (SSSR count). The molecule has 6 aromatic rings. The normalized spacial score (nSPS) is 11.5. The smallest absolute Gasteiger partial charge is 0.267 e. The van der Waals surface area contributed by atoms with Gasteiger partial charge in [0.2, 0.25) is 17.5 Å². The van der Waals surface area contributed by atoms with Crippen molar-refractivity contribution >= 4 is 28.4 Å². The van der Waals surface area contributed by atoms with E-state index in [1.165, 1.54) is 17.3 Å². The van der Waals surface area contributed by atoms with Gasteiger partial charge in [0, 0.05) is 5.56 Å². The maximum atomic E-state index is 13.6. The number of hydrogen-bond donors (Lipinski definition) is 0. The molecule has 3 heterocycles. The molecule has 3 aromatic carbocycles. The molecular weight excluding hydrogens is 472 g/mol. The summed E-state index contributed by atoms with van der Waals surface area (Å²) in [4.78, 5) is 18.1. The third-order valence-electron chi connectivity index (χ3n) is 6.10. The van der Waals surface area contributed by atoms with Crippen LogP contribution < -0.4 is 5.56 Å². The number of fused-ring (bicyclic) bond motifs is 3. The zero-order valence-electron chi connectivity index (χ0n) is 20.0. The Morgan fingerprint density at radius 2 is 1.69 bits per heavy atom. The molecule has 0 fully saturated rings. The van der Waals surface area contributed by atoms with Crippen molar-refractivity contribution in [2.45, 2.75) is 31.7 Å². The first kappa shape index (κ1) is 22.2. The molecule has 0 spiro atoms. The van der Waals surface area contributed by atoms with Crippen molar-refractivity contribution in [2.24, 2.45) is 0 Å². The monoisotopic (exact) mass is 494 g/mol. The standard InChI is InChI=1S/C27H22N6O2S/c1-16-9-12-19(13-10-16)24-28-23(35-31-24)15-36-27-30-29-26-32(22-14-17(2)8-11-18(22)3)25(34)20-6-4-5-7-21(20)33(26)27/h4-14H,15H2,1-3H3. The van der Waals surface area contributed by atoms with E-state index in [4.69, 9.17) is 4.52 Å². The van der Waals surface area contributed by atoms with Gasteiger partial charge in [0.15, 0.2) is 5.16 Å². The van der Waals surface area contributed by atoms with E-state index in [1.54, 1.807) is 4.57 Å². The Balaban J connectivity index is 1.43. The fourth-order valence-electron chi connectivity index (χ4n) is 4.21. The molecule has 9 heteroatoms. The lowest BCUT2D eigenvalue weighted by atomic mass is 10.1. The molecule has 0 aliphatic rings. The summed E-state index contributed by atoms with van der Waals surface area (Å²) in [5.74, 6) is 1.91. The highest BCUT2D eigenvalue weighted by Crippen LogP contribution is 2.27. The second-order valence-electron chi connectivity index (χ2n) is 8.73. The van der Waals surface area contributed by atoms with Crippen LogP contribution in [0.4, 0.5) is 0 Å². The van der Waals surface area contributed by atoms with E-state index in [0.29, 0.717) is 33.8 Å². The Morgan fingerprint density at radius 1 is 0.917 bits per heavy atom. The molecular formula is C27H22N6O2S. The van der Waals surface area contributed by atoms with Gasteiger partial charge in [0.25, 0.3) is 5.56 Å². The molecule has 3 aromatic heterocycles. The Labute approximate surface area is 210 Å². The van der Waals surface area contributed by atoms with Crippen molar-refractivity contribution in [1.29, 1.82) is 0 Å². The molecule has 0 aliphatic carbocycles. The summed E-state index contributed by atoms with van der Waals surface area (Å²) in [6.07, 6.45) is 0. The second-order valence-corrected chi connectivity index (χ2v) is 9.67. The van der Waals surface area contributed by atoms with Crippen LogP contribution in [0.3, 0.4) is 0 Å². The summed E-state index contributed by atoms with van der Waals surface area (Å²) in [6, 6.07) is 21.5. The van der Waals surface area contributed by atoms with Crippen LogP contribution in [0.2, 0.25) is 0 Å². The van der Waals surface area contributed by atoms with Crippen LogP contribution in [0.15, 0.2) is 81.2 Å². The molecule has 36 heavy (non-hydrogen) atoms. The third kappa shape index (κ3) is 3.77. The number of thioether (sulfide) groups is 1. The van der Waals surface area contributed by atoms with Crippen molar-refractivity contribution in [1.82, 2.24) is 29.3 Å². The Kier molecular flexibility index (Phi) is 5.41. The van der Waals surface area contributed by atoms with Crippen molar-refractivity contribution in [3.05, 3.63) is 99.7 Å². The summed E-state index contributed by atoms with van der Waals surface area (Å²) >= 11 is 1.43. The Morgan fingerprint density at radius 3 is 2.53 bits per heavy atom. The van der Waals surface area contributed by atoms with Gasteiger partial charge in [-0.05, 0) is 50.1 Å². The molecule has 0 aliphatic heterocycles. The first-order chi connectivity index (χ1) is 17.5. The number of aromatic nitrogens is 6. The maximum Gasteiger partial charge on any atom is 0.267 e. The molecule has 0 saturated heterocycles. The minimum absolute atomic E-state index is 0.129. The molecule has 0 saturated carbocycles. The van der Waals surface area contributed by atoms with Crippen molar-refractivity contribution in [3.63, 3.8) is 0 Å². The van der Waals surface area contributed by atoms with Crippen LogP contribution in [0.25, 0.3) is 33.8 Å². The predicted octanol–water partition coefficient (Wildman–Crippen LogP) is 5.30. The van der Waals surface area contributed by atoms with E-state index in [-0.39, 0.29) is 5.56 Å². The highest BCUT2D eigenvalue weighted by atomic mass is 32.2. The number of hydrogen-bond acceptors (Lipinski definition) is 7. The van der Waals surface area contributed by atoms with Gasteiger partial charge in [-0.1, -0.05) is 71.0 Å². The van der Waals surface area contributed by atoms with Crippen LogP contribution in [0.1, 0.15) is 22.6 Å². The summed E-state index contributed by atoms with van der Waals surface area (Å²) < 4.78 is 9.05. The topological polar surface area (TPSA) is 91.1 Å². The lowest BCUT2D eigenvalue weighted by molar-refractivity contribution is 0.391. The van der Waals surface area contributed by atoms with E-state index in [1.807, 2.05) is 91.9 Å². The lowest BCUT2D eigenvalue weighted by Gasteiger charge is -2.13. The fourth-order valence-corrected chi connectivity index (χ4v) is 4.99. The highest BCUT2D eigenvalue weighted by molar-refractivity contribution is 7.98. The van der Waals surface area contributed by atoms with E-state index >= 15 is 0 Å². The van der Waals surface area contributed by atoms with Gasteiger partial charge in [-0.25, -0.2) is 4.57 Å². The summed E-state index contributed by atoms with van der Waals surface area (Å²) in [6.45, 7) is 6.03. The van der Waals surface area contributed by atoms with E-state index < -0.39 is 0 Å². The quantitative estimate of drug-likeness (QED) is 0.300. The largest absolute Gasteiger partial charge is 0.338 e. The maximum absolute atomic E-state index is 13.6. The molecule has 0 atom stereocenters. The minimum atomic E-state index is -0.129. The number of benzene rings is 3. The first-order valence-electron chi connectivity index (χ1n) is 11.5. The average molecular weight is 495 g/mol. The van der Waals surface area contributed by atoms with Gasteiger partial charge >= 0.3 is 0 Å². The van der Waals surface area contributed by atoms with E-state index in [0.717, 1.165) is 27.9 Å². The number of para-hydroxylation sites is 1. The van der Waals surface area contributed by atoms with Crippen LogP contribution in [-0.2, 0) is 5.75 Å². The summed E-state index contributed by atoms with van der Waals surface area (Å²) in [7, 11) is 0. The Hall–Kier alpha value is -4.24. The van der Waals surface area contributed by atoms with Gasteiger partial charge < -0.3 is 4.52 Å². The number of nitrogens with zero attached hydrogens (tertiary/aromatic N) is 6. The summed E-state index contributed by atoms with van der Waals surface area (Å²) in [5.41, 5.74) is 5.52. The number of rotatable bonds is 5. The molecule has 0 amide bonds. The van der Waals surface area contributed by atoms with E-state index in [2.05, 4.69) is 20.3 Å². The van der Waals surface area contributed by atoms with Gasteiger partial charge in [-0.15, -0.1) is 10.2 Å². The van der Waals surface area contributed by atoms with Crippen molar-refractivity contribution in [3.8, 4) is 17.1 Å². The molecule has 8 nitrogen and oxygen atoms in total. The van der Waals surface area contributed by atoms with Gasteiger partial charge in [0.1, 0.15) is 0 Å². The SMILES string of the molecule is Cc1ccc(-c2noc(CSc3nnc4n(-c5cc(C)ccc5C)c(=O)c5ccccc5n34)n2)cc1. The van der Waals surface area contributed by atoms with Gasteiger partial charge in [0.05, 0.1) is 22.3 Å². The molecule has 0 unspecified atom stereocenters. The van der Waals surface area contributed by atoms with Crippen LogP contribution in [0, 0.1) is 20.8 Å². The van der Waals surface area contributed by atoms with Crippen molar-refractivity contribution < 1.29 is 4.52 Å². The fraction of sp³-hybridized carbons (Fsp3) is 0.148. The summed E-state index contributed by atoms with van der Waals surface area (Å²) in [5, 5.41) is 14.2. The van der Waals surface area contributed by atoms with Crippen LogP contribution in [-0.4, -0.2) is 29.3 Å². The molecule has 0 N–H and O–H groups in total. The third-order valence-corrected chi connectivity index (χ3v) is 7.02. The second kappa shape index (κ2) is 8.76. The van der Waals surface area contributed by atoms with Crippen LogP contribution in [0.5, 0.6) is 0 Å². The number of aryl methyl sites for hydroxylation is 3. The minimum Gasteiger partial charge on any atom is -0.338 e. The predicted molar refractivity (Wildman–Crippen MR) is 140 cm³/mol. The first-order valence-corrected chi connectivity index (χ1v) is 12.5. The van der Waals surface area contributed by atoms with Crippen molar-refractivity contribution in [2.75, 3.05) is 0 Å². The van der Waals surface area contributed by atoms with Gasteiger partial charge in [-0.3, -0.25) is 9.20 Å². The zero-order valence-corrected chi connectivity index (χ0v) is 20.8. The van der Waals surface area contributed by atoms with Crippen LogP contribution >= 0.6 is 11.8 Å². The van der Waals surface area contributed by atoms with E-state index in [9.17, 15) is 4.79 Å². The molecule has 0 bridgehead atoms. The molecule has 0 radical (unpaired) electrons. The lowest BCUT2D eigenvalue weighted by Crippen LogP contribution is -2.22. The highest BCUT2D eigenvalue weighted by Gasteiger charge is 2.20. The zero-order chi connectivity index (χ0) is 24.8. The molecule has 178 valence electrons. The average Bonchev–Trinajstić information content (AvgIpc) is 3.53. The Bertz CT molecular complexity index is 1800.